The van der Waals surface area contributed by atoms with Gasteiger partial charge < -0.3 is 9.47 Å². The van der Waals surface area contributed by atoms with Crippen molar-refractivity contribution in [1.29, 1.82) is 0 Å². The van der Waals surface area contributed by atoms with E-state index in [4.69, 9.17) is 9.47 Å². The van der Waals surface area contributed by atoms with Crippen molar-refractivity contribution in [3.8, 4) is 0 Å². The quantitative estimate of drug-likeness (QED) is 0.387. The van der Waals surface area contributed by atoms with Crippen LogP contribution in [0.5, 0.6) is 0 Å². The molecule has 1 aliphatic rings. The number of thiocarbonyl (C=S) groups is 1. The minimum absolute atomic E-state index is 0.0255. The molecule has 0 amide bonds. The molecule has 0 bridgehead atoms. The molecular weight excluding hydrogens is 124 g/mol. The highest BCUT2D eigenvalue weighted by atomic mass is 32.1. The van der Waals surface area contributed by atoms with Gasteiger partial charge >= 0.3 is 5.24 Å². The highest BCUT2D eigenvalue weighted by Crippen LogP contribution is 2.05. The van der Waals surface area contributed by atoms with Gasteiger partial charge in [0.2, 0.25) is 0 Å². The monoisotopic (exact) mass is 130 g/mol. The summed E-state index contributed by atoms with van der Waals surface area (Å²) in [4.78, 5) is 0. The van der Waals surface area contributed by atoms with Crippen LogP contribution in [0.4, 0.5) is 0 Å². The van der Waals surface area contributed by atoms with Crippen LogP contribution < -0.4 is 0 Å². The average molecular weight is 130 g/mol. The predicted octanol–water partition coefficient (Wildman–Crippen LogP) is 0.873. The van der Waals surface area contributed by atoms with Crippen LogP contribution in [0.2, 0.25) is 0 Å². The van der Waals surface area contributed by atoms with Gasteiger partial charge in [0.25, 0.3) is 0 Å². The second kappa shape index (κ2) is 2.13. The SMILES string of the molecule is C=CC1COC(=S)O1. The van der Waals surface area contributed by atoms with Crippen molar-refractivity contribution in [1.82, 2.24) is 0 Å². The molecule has 3 heteroatoms. The Hall–Kier alpha value is -0.570. The molecular formula is C5H6O2S. The lowest BCUT2D eigenvalue weighted by Crippen LogP contribution is -2.03. The molecule has 0 aromatic carbocycles. The van der Waals surface area contributed by atoms with Gasteiger partial charge in [0, 0.05) is 12.2 Å². The Morgan fingerprint density at radius 3 is 2.88 bits per heavy atom. The molecule has 1 rings (SSSR count). The van der Waals surface area contributed by atoms with Crippen molar-refractivity contribution >= 4 is 17.5 Å². The molecule has 1 fully saturated rings. The third-order valence-electron chi connectivity index (χ3n) is 0.876. The fourth-order valence-corrected chi connectivity index (χ4v) is 0.650. The van der Waals surface area contributed by atoms with Crippen molar-refractivity contribution in [3.63, 3.8) is 0 Å². The summed E-state index contributed by atoms with van der Waals surface area (Å²) in [6, 6.07) is 0. The molecule has 0 saturated carbocycles. The minimum atomic E-state index is -0.0255. The van der Waals surface area contributed by atoms with Gasteiger partial charge in [-0.2, -0.15) is 0 Å². The number of ether oxygens (including phenoxy) is 2. The van der Waals surface area contributed by atoms with Gasteiger partial charge in [0.05, 0.1) is 0 Å². The number of hydrogen-bond donors (Lipinski definition) is 0. The maximum atomic E-state index is 4.90. The summed E-state index contributed by atoms with van der Waals surface area (Å²) in [6.45, 7) is 4.03. The van der Waals surface area contributed by atoms with E-state index in [0.717, 1.165) is 0 Å². The standard InChI is InChI=1S/C5H6O2S/c1-2-4-3-6-5(8)7-4/h2,4H,1,3H2. The number of hydrogen-bond acceptors (Lipinski definition) is 3. The maximum Gasteiger partial charge on any atom is 0.353 e. The van der Waals surface area contributed by atoms with Gasteiger partial charge in [-0.05, 0) is 6.08 Å². The molecule has 0 N–H and O–H groups in total. The van der Waals surface area contributed by atoms with Gasteiger partial charge in [-0.25, -0.2) is 0 Å². The molecule has 1 heterocycles. The maximum absolute atomic E-state index is 4.90. The first-order chi connectivity index (χ1) is 3.83. The summed E-state index contributed by atoms with van der Waals surface area (Å²) < 4.78 is 9.70. The minimum Gasteiger partial charge on any atom is -0.453 e. The average Bonchev–Trinajstić information content (AvgIpc) is 2.14. The van der Waals surface area contributed by atoms with E-state index in [1.165, 1.54) is 0 Å². The van der Waals surface area contributed by atoms with Crippen LogP contribution in [0, 0.1) is 0 Å². The lowest BCUT2D eigenvalue weighted by Gasteiger charge is -1.94. The Morgan fingerprint density at radius 1 is 1.88 bits per heavy atom. The van der Waals surface area contributed by atoms with E-state index in [1.54, 1.807) is 6.08 Å². The highest BCUT2D eigenvalue weighted by molar-refractivity contribution is 7.79. The third-order valence-corrected chi connectivity index (χ3v) is 1.09. The third kappa shape index (κ3) is 0.980. The van der Waals surface area contributed by atoms with Crippen LogP contribution in [-0.2, 0) is 9.47 Å². The van der Waals surface area contributed by atoms with Gasteiger partial charge in [-0.3, -0.25) is 0 Å². The fraction of sp³-hybridized carbons (Fsp3) is 0.400. The fourth-order valence-electron chi connectivity index (χ4n) is 0.458. The summed E-state index contributed by atoms with van der Waals surface area (Å²) in [5.41, 5.74) is 0. The summed E-state index contributed by atoms with van der Waals surface area (Å²) in [6.07, 6.45) is 1.64. The first-order valence-corrected chi connectivity index (χ1v) is 2.69. The van der Waals surface area contributed by atoms with Crippen LogP contribution >= 0.6 is 12.2 Å². The molecule has 1 atom stereocenters. The van der Waals surface area contributed by atoms with Crippen LogP contribution in [0.3, 0.4) is 0 Å². The Morgan fingerprint density at radius 2 is 2.62 bits per heavy atom. The molecule has 2 nitrogen and oxygen atoms in total. The smallest absolute Gasteiger partial charge is 0.353 e. The Balaban J connectivity index is 2.43. The summed E-state index contributed by atoms with van der Waals surface area (Å²) in [7, 11) is 0. The molecule has 1 aliphatic heterocycles. The van der Waals surface area contributed by atoms with Gasteiger partial charge in [0.1, 0.15) is 6.61 Å². The van der Waals surface area contributed by atoms with Gasteiger partial charge in [-0.15, -0.1) is 0 Å². The largest absolute Gasteiger partial charge is 0.453 e. The second-order valence-electron chi connectivity index (χ2n) is 1.45. The Labute approximate surface area is 53.1 Å². The van der Waals surface area contributed by atoms with E-state index in [2.05, 4.69) is 18.8 Å². The van der Waals surface area contributed by atoms with E-state index >= 15 is 0 Å². The van der Waals surface area contributed by atoms with E-state index in [9.17, 15) is 0 Å². The number of rotatable bonds is 1. The summed E-state index contributed by atoms with van der Waals surface area (Å²) in [5.74, 6) is 0. The first-order valence-electron chi connectivity index (χ1n) is 2.29. The van der Waals surface area contributed by atoms with Crippen LogP contribution in [0.1, 0.15) is 0 Å². The normalized spacial score (nSPS) is 26.5. The zero-order chi connectivity index (χ0) is 5.98. The van der Waals surface area contributed by atoms with Crippen molar-refractivity contribution in [2.24, 2.45) is 0 Å². The van der Waals surface area contributed by atoms with Crippen LogP contribution in [0.25, 0.3) is 0 Å². The lowest BCUT2D eigenvalue weighted by atomic mass is 10.4. The topological polar surface area (TPSA) is 18.5 Å². The molecule has 44 valence electrons. The predicted molar refractivity (Wildman–Crippen MR) is 33.6 cm³/mol. The summed E-state index contributed by atoms with van der Waals surface area (Å²) >= 11 is 4.57. The lowest BCUT2D eigenvalue weighted by molar-refractivity contribution is 0.284. The molecule has 1 unspecified atom stereocenters. The van der Waals surface area contributed by atoms with Crippen molar-refractivity contribution in [3.05, 3.63) is 12.7 Å². The second-order valence-corrected chi connectivity index (χ2v) is 1.79. The van der Waals surface area contributed by atoms with Crippen LogP contribution in [0.15, 0.2) is 12.7 Å². The molecule has 0 radical (unpaired) electrons. The van der Waals surface area contributed by atoms with Crippen molar-refractivity contribution < 1.29 is 9.47 Å². The van der Waals surface area contributed by atoms with Crippen molar-refractivity contribution in [2.45, 2.75) is 6.10 Å². The van der Waals surface area contributed by atoms with E-state index < -0.39 is 0 Å². The molecule has 0 spiro atoms. The van der Waals surface area contributed by atoms with E-state index in [0.29, 0.717) is 6.61 Å². The van der Waals surface area contributed by atoms with Gasteiger partial charge in [-0.1, -0.05) is 6.58 Å². The van der Waals surface area contributed by atoms with E-state index in [-0.39, 0.29) is 11.3 Å². The molecule has 0 aliphatic carbocycles. The Bertz CT molecular complexity index is 122. The van der Waals surface area contributed by atoms with E-state index in [1.807, 2.05) is 0 Å². The Kier molecular flexibility index (Phi) is 1.48. The van der Waals surface area contributed by atoms with Crippen LogP contribution in [-0.4, -0.2) is 17.9 Å². The van der Waals surface area contributed by atoms with Crippen molar-refractivity contribution in [2.75, 3.05) is 6.61 Å². The zero-order valence-electron chi connectivity index (χ0n) is 4.29. The molecule has 1 saturated heterocycles. The highest BCUT2D eigenvalue weighted by Gasteiger charge is 2.17. The summed E-state index contributed by atoms with van der Waals surface area (Å²) in [5, 5.41) is 0.231. The molecule has 0 aromatic rings. The molecule has 8 heavy (non-hydrogen) atoms. The van der Waals surface area contributed by atoms with Gasteiger partial charge in [0.15, 0.2) is 6.10 Å². The zero-order valence-corrected chi connectivity index (χ0v) is 5.11. The molecule has 0 aromatic heterocycles. The first kappa shape index (κ1) is 5.56.